The molecule has 21 heavy (non-hydrogen) atoms. The van der Waals surface area contributed by atoms with Gasteiger partial charge in [-0.3, -0.25) is 0 Å². The van der Waals surface area contributed by atoms with E-state index in [1.807, 2.05) is 38.2 Å². The second kappa shape index (κ2) is 8.11. The standard InChI is InChI=1S/C20H25N/c1-7-12-15-16(6)21-19(11-5)18(13-8-2)17(10-4)20(21)14-9-3/h7-15H,2,4H2,1,3,5-6H3/b12-7-,14-9-,16-15+,18-13-,19-11+. The van der Waals surface area contributed by atoms with E-state index in [9.17, 15) is 0 Å². The molecular formula is C20H25N. The molecule has 0 saturated heterocycles. The summed E-state index contributed by atoms with van der Waals surface area (Å²) in [6.45, 7) is 16.0. The lowest BCUT2D eigenvalue weighted by atomic mass is 10.1. The number of rotatable bonds is 5. The molecule has 0 aliphatic carbocycles. The van der Waals surface area contributed by atoms with Gasteiger partial charge in [-0.15, -0.1) is 0 Å². The van der Waals surface area contributed by atoms with Gasteiger partial charge in [0.2, 0.25) is 0 Å². The van der Waals surface area contributed by atoms with E-state index in [0.29, 0.717) is 0 Å². The normalized spacial score (nSPS) is 14.6. The van der Waals surface area contributed by atoms with E-state index < -0.39 is 0 Å². The Kier molecular flexibility index (Phi) is 6.48. The molecule has 0 bridgehead atoms. The third-order valence-corrected chi connectivity index (χ3v) is 3.29. The van der Waals surface area contributed by atoms with Crippen molar-refractivity contribution in [3.63, 3.8) is 0 Å². The molecular weight excluding hydrogens is 254 g/mol. The molecule has 1 nitrogen and oxygen atoms in total. The monoisotopic (exact) mass is 279 g/mol. The van der Waals surface area contributed by atoms with Crippen LogP contribution in [0, 0.1) is 0 Å². The fourth-order valence-electron chi connectivity index (χ4n) is 2.45. The summed E-state index contributed by atoms with van der Waals surface area (Å²) in [6.07, 6.45) is 18.3. The van der Waals surface area contributed by atoms with Gasteiger partial charge in [0, 0.05) is 21.8 Å². The number of nitrogens with zero attached hydrogens (tertiary/aromatic N) is 1. The Morgan fingerprint density at radius 3 is 2.29 bits per heavy atom. The molecule has 0 saturated carbocycles. The highest BCUT2D eigenvalue weighted by Crippen LogP contribution is 2.13. The van der Waals surface area contributed by atoms with Crippen LogP contribution in [0.25, 0.3) is 30.0 Å². The molecule has 0 amide bonds. The lowest BCUT2D eigenvalue weighted by molar-refractivity contribution is 1.03. The van der Waals surface area contributed by atoms with E-state index in [-0.39, 0.29) is 0 Å². The Balaban J connectivity index is 3.98. The van der Waals surface area contributed by atoms with E-state index >= 15 is 0 Å². The van der Waals surface area contributed by atoms with Crippen molar-refractivity contribution in [2.75, 3.05) is 0 Å². The number of aromatic nitrogens is 1. The summed E-state index contributed by atoms with van der Waals surface area (Å²) in [5.41, 5.74) is 3.45. The summed E-state index contributed by atoms with van der Waals surface area (Å²) < 4.78 is 2.26. The van der Waals surface area contributed by atoms with Crippen molar-refractivity contribution in [1.29, 1.82) is 0 Å². The van der Waals surface area contributed by atoms with E-state index in [0.717, 1.165) is 21.8 Å². The highest BCUT2D eigenvalue weighted by atomic mass is 15.0. The van der Waals surface area contributed by atoms with Gasteiger partial charge in [-0.2, -0.15) is 0 Å². The predicted molar refractivity (Wildman–Crippen MR) is 98.0 cm³/mol. The average molecular weight is 279 g/mol. The molecule has 0 aliphatic rings. The van der Waals surface area contributed by atoms with Crippen molar-refractivity contribution in [2.45, 2.75) is 27.7 Å². The molecule has 0 fully saturated rings. The lowest BCUT2D eigenvalue weighted by Gasteiger charge is -2.08. The zero-order valence-electron chi connectivity index (χ0n) is 13.6. The van der Waals surface area contributed by atoms with E-state index in [4.69, 9.17) is 0 Å². The minimum atomic E-state index is 1.13. The molecule has 1 heterocycles. The average Bonchev–Trinajstić information content (AvgIpc) is 2.78. The van der Waals surface area contributed by atoms with Crippen LogP contribution >= 0.6 is 0 Å². The first-order chi connectivity index (χ1) is 10.2. The van der Waals surface area contributed by atoms with Crippen LogP contribution in [-0.4, -0.2) is 4.57 Å². The molecule has 0 N–H and O–H groups in total. The highest BCUT2D eigenvalue weighted by molar-refractivity contribution is 5.69. The SMILES string of the molecule is C=C/C=c1/c(C=C)c(/C=C\C)n(/C(C)=C/C=C\C)/c1=C/C. The molecule has 110 valence electrons. The van der Waals surface area contributed by atoms with Gasteiger partial charge in [-0.1, -0.05) is 55.7 Å². The van der Waals surface area contributed by atoms with Crippen molar-refractivity contribution in [3.05, 3.63) is 65.4 Å². The molecule has 1 aromatic heterocycles. The molecule has 1 heteroatoms. The second-order valence-corrected chi connectivity index (χ2v) is 4.66. The largest absolute Gasteiger partial charge is 0.314 e. The Morgan fingerprint density at radius 1 is 1.10 bits per heavy atom. The first-order valence-corrected chi connectivity index (χ1v) is 7.25. The molecule has 0 spiro atoms. The van der Waals surface area contributed by atoms with Gasteiger partial charge in [0.15, 0.2) is 0 Å². The van der Waals surface area contributed by atoms with Crippen molar-refractivity contribution in [1.82, 2.24) is 4.57 Å². The van der Waals surface area contributed by atoms with Crippen molar-refractivity contribution in [3.8, 4) is 0 Å². The van der Waals surface area contributed by atoms with E-state index in [2.05, 4.69) is 62.0 Å². The van der Waals surface area contributed by atoms with Gasteiger partial charge < -0.3 is 4.57 Å². The zero-order chi connectivity index (χ0) is 15.8. The van der Waals surface area contributed by atoms with E-state index in [1.165, 1.54) is 5.70 Å². The number of allylic oxidation sites excluding steroid dienone is 6. The third-order valence-electron chi connectivity index (χ3n) is 3.29. The summed E-state index contributed by atoms with van der Waals surface area (Å²) in [4.78, 5) is 0. The minimum absolute atomic E-state index is 1.13. The van der Waals surface area contributed by atoms with Crippen LogP contribution in [0.5, 0.6) is 0 Å². The van der Waals surface area contributed by atoms with Crippen LogP contribution in [0.2, 0.25) is 0 Å². The Morgan fingerprint density at radius 2 is 1.81 bits per heavy atom. The van der Waals surface area contributed by atoms with Crippen molar-refractivity contribution >= 4 is 30.0 Å². The summed E-state index contributed by atoms with van der Waals surface area (Å²) in [7, 11) is 0. The van der Waals surface area contributed by atoms with Gasteiger partial charge in [-0.05, 0) is 39.8 Å². The second-order valence-electron chi connectivity index (χ2n) is 4.66. The summed E-state index contributed by atoms with van der Waals surface area (Å²) in [6, 6.07) is 0. The third kappa shape index (κ3) is 3.43. The maximum absolute atomic E-state index is 3.98. The fourth-order valence-corrected chi connectivity index (χ4v) is 2.45. The number of hydrogen-bond donors (Lipinski definition) is 0. The zero-order valence-corrected chi connectivity index (χ0v) is 13.6. The van der Waals surface area contributed by atoms with Crippen LogP contribution in [0.15, 0.2) is 43.5 Å². The summed E-state index contributed by atoms with van der Waals surface area (Å²) >= 11 is 0. The van der Waals surface area contributed by atoms with Gasteiger partial charge in [0.05, 0.1) is 5.69 Å². The summed E-state index contributed by atoms with van der Waals surface area (Å²) in [5, 5.41) is 2.32. The van der Waals surface area contributed by atoms with Gasteiger partial charge in [0.1, 0.15) is 0 Å². The van der Waals surface area contributed by atoms with Crippen molar-refractivity contribution in [2.24, 2.45) is 0 Å². The molecule has 0 unspecified atom stereocenters. The number of hydrogen-bond acceptors (Lipinski definition) is 0. The quantitative estimate of drug-likeness (QED) is 0.705. The van der Waals surface area contributed by atoms with Crippen LogP contribution in [0.4, 0.5) is 0 Å². The van der Waals surface area contributed by atoms with Gasteiger partial charge in [-0.25, -0.2) is 0 Å². The topological polar surface area (TPSA) is 4.93 Å². The smallest absolute Gasteiger partial charge is 0.0534 e. The highest BCUT2D eigenvalue weighted by Gasteiger charge is 2.10. The fraction of sp³-hybridized carbons (Fsp3) is 0.200. The van der Waals surface area contributed by atoms with Gasteiger partial charge >= 0.3 is 0 Å². The Labute approximate surface area is 128 Å². The molecule has 1 rings (SSSR count). The van der Waals surface area contributed by atoms with Crippen molar-refractivity contribution < 1.29 is 0 Å². The Hall–Kier alpha value is -2.28. The van der Waals surface area contributed by atoms with E-state index in [1.54, 1.807) is 0 Å². The molecule has 0 atom stereocenters. The molecule has 0 radical (unpaired) electrons. The first kappa shape index (κ1) is 16.8. The van der Waals surface area contributed by atoms with Crippen LogP contribution in [-0.2, 0) is 0 Å². The first-order valence-electron chi connectivity index (χ1n) is 7.25. The van der Waals surface area contributed by atoms with Crippen LogP contribution < -0.4 is 10.6 Å². The molecule has 0 aromatic carbocycles. The summed E-state index contributed by atoms with van der Waals surface area (Å²) in [5.74, 6) is 0. The maximum Gasteiger partial charge on any atom is 0.0534 e. The molecule has 1 aromatic rings. The Bertz CT molecular complexity index is 719. The lowest BCUT2D eigenvalue weighted by Crippen LogP contribution is -2.29. The van der Waals surface area contributed by atoms with Gasteiger partial charge in [0.25, 0.3) is 0 Å². The minimum Gasteiger partial charge on any atom is -0.314 e. The van der Waals surface area contributed by atoms with Crippen LogP contribution in [0.3, 0.4) is 0 Å². The van der Waals surface area contributed by atoms with Crippen LogP contribution in [0.1, 0.15) is 39.0 Å². The predicted octanol–water partition coefficient (Wildman–Crippen LogP) is 4.37. The maximum atomic E-state index is 3.98. The molecule has 0 aliphatic heterocycles.